The quantitative estimate of drug-likeness (QED) is 0.150. The molecular weight excluding hydrogens is 695 g/mol. The number of unbranched alkanes of at least 4 members (excludes halogenated alkanes) is 2. The zero-order valence-corrected chi connectivity index (χ0v) is 34.1. The molecule has 2 aromatic carbocycles. The number of rotatable bonds is 15. The highest BCUT2D eigenvalue weighted by molar-refractivity contribution is 6.50. The second-order valence-electron chi connectivity index (χ2n) is 15.7. The Hall–Kier alpha value is -4.60. The first kappa shape index (κ1) is 41.6. The minimum Gasteiger partial charge on any atom is -0.508 e. The molecule has 1 aliphatic carbocycles. The molecule has 1 aromatic heterocycles. The van der Waals surface area contributed by atoms with Gasteiger partial charge in [0.2, 0.25) is 0 Å². The van der Waals surface area contributed by atoms with Crippen molar-refractivity contribution in [1.29, 1.82) is 0 Å². The Labute approximate surface area is 326 Å². The summed E-state index contributed by atoms with van der Waals surface area (Å²) in [6.07, 6.45) is 11.1. The van der Waals surface area contributed by atoms with Crippen LogP contribution < -0.4 is 15.4 Å². The Bertz CT molecular complexity index is 2010. The maximum atomic E-state index is 15.5. The number of phenols is 1. The van der Waals surface area contributed by atoms with Gasteiger partial charge in [-0.05, 0) is 112 Å². The average molecular weight is 755 g/mol. The van der Waals surface area contributed by atoms with Gasteiger partial charge in [-0.25, -0.2) is 8.78 Å². The molecule has 2 unspecified atom stereocenters. The van der Waals surface area contributed by atoms with E-state index in [1.165, 1.54) is 6.07 Å². The summed E-state index contributed by atoms with van der Waals surface area (Å²) in [6.45, 7) is 18.0. The van der Waals surface area contributed by atoms with Crippen molar-refractivity contribution in [1.82, 2.24) is 9.97 Å². The third-order valence-electron chi connectivity index (χ3n) is 10.5. The van der Waals surface area contributed by atoms with Crippen LogP contribution in [0.15, 0.2) is 52.1 Å². The van der Waals surface area contributed by atoms with Crippen molar-refractivity contribution >= 4 is 45.2 Å². The van der Waals surface area contributed by atoms with Gasteiger partial charge >= 0.3 is 6.01 Å². The van der Waals surface area contributed by atoms with Crippen LogP contribution in [0.3, 0.4) is 0 Å². The molecule has 2 heterocycles. The third kappa shape index (κ3) is 9.80. The van der Waals surface area contributed by atoms with E-state index in [0.717, 1.165) is 65.3 Å². The molecule has 0 spiro atoms. The van der Waals surface area contributed by atoms with E-state index in [0.29, 0.717) is 72.9 Å². The van der Waals surface area contributed by atoms with Gasteiger partial charge in [0.05, 0.1) is 35.8 Å². The summed E-state index contributed by atoms with van der Waals surface area (Å²) in [7, 11) is 0. The number of phenolic OH excluding ortho intramolecular Hbond substituents is 1. The van der Waals surface area contributed by atoms with E-state index in [-0.39, 0.29) is 30.2 Å². The normalized spacial score (nSPS) is 18.3. The predicted octanol–water partition coefficient (Wildman–Crippen LogP) is 10.5. The molecule has 1 aliphatic heterocycles. The minimum absolute atomic E-state index is 0.0708. The van der Waals surface area contributed by atoms with E-state index >= 15 is 8.78 Å². The van der Waals surface area contributed by atoms with E-state index in [1.807, 2.05) is 59.8 Å². The lowest BCUT2D eigenvalue weighted by Gasteiger charge is -2.32. The zero-order valence-electron chi connectivity index (χ0n) is 34.1. The molecule has 2 atom stereocenters. The maximum Gasteiger partial charge on any atom is 0.318 e. The van der Waals surface area contributed by atoms with Crippen molar-refractivity contribution in [2.75, 3.05) is 31.1 Å². The van der Waals surface area contributed by atoms with E-state index < -0.39 is 11.6 Å². The molecule has 0 saturated heterocycles. The van der Waals surface area contributed by atoms with Crippen LogP contribution in [0, 0.1) is 11.2 Å². The molecule has 55 heavy (non-hydrogen) atoms. The lowest BCUT2D eigenvalue weighted by molar-refractivity contribution is 0.0945. The molecule has 3 N–H and O–H groups in total. The number of aromatic hydroxyl groups is 1. The van der Waals surface area contributed by atoms with Crippen molar-refractivity contribution < 1.29 is 18.6 Å². The average Bonchev–Trinajstić information content (AvgIpc) is 3.38. The first-order valence-electron chi connectivity index (χ1n) is 20.1. The second kappa shape index (κ2) is 18.4. The van der Waals surface area contributed by atoms with Crippen LogP contribution in [0.2, 0.25) is 0 Å². The second-order valence-corrected chi connectivity index (χ2v) is 15.7. The molecule has 8 nitrogen and oxygen atoms in total. The highest BCUT2D eigenvalue weighted by atomic mass is 19.1. The van der Waals surface area contributed by atoms with Crippen LogP contribution in [0.5, 0.6) is 11.8 Å². The van der Waals surface area contributed by atoms with Crippen LogP contribution in [0.4, 0.5) is 14.6 Å². The molecular formula is C45H60F2N6O2. The summed E-state index contributed by atoms with van der Waals surface area (Å²) in [6, 6.07) is 6.65. The zero-order chi connectivity index (χ0) is 39.9. The van der Waals surface area contributed by atoms with Gasteiger partial charge in [-0.3, -0.25) is 9.98 Å². The molecule has 3 aromatic rings. The summed E-state index contributed by atoms with van der Waals surface area (Å²) < 4.78 is 37.1. The van der Waals surface area contributed by atoms with Gasteiger partial charge in [-0.15, -0.1) is 0 Å². The summed E-state index contributed by atoms with van der Waals surface area (Å²) in [5.41, 5.74) is 12.2. The number of ether oxygens (including phenoxy) is 1. The highest BCUT2D eigenvalue weighted by Crippen LogP contribution is 2.44. The smallest absolute Gasteiger partial charge is 0.318 e. The largest absolute Gasteiger partial charge is 0.508 e. The van der Waals surface area contributed by atoms with Gasteiger partial charge in [0.15, 0.2) is 0 Å². The number of aryl methyl sites for hydroxylation is 1. The number of nitrogens with zero attached hydrogens (tertiary/aromatic N) is 5. The lowest BCUT2D eigenvalue weighted by Crippen LogP contribution is -2.33. The van der Waals surface area contributed by atoms with Gasteiger partial charge in [0, 0.05) is 41.4 Å². The van der Waals surface area contributed by atoms with Crippen molar-refractivity contribution in [3.8, 4) is 11.8 Å². The fourth-order valence-electron chi connectivity index (χ4n) is 7.81. The maximum absolute atomic E-state index is 15.5. The summed E-state index contributed by atoms with van der Waals surface area (Å²) in [5, 5.41) is 12.5. The number of benzene rings is 2. The van der Waals surface area contributed by atoms with Gasteiger partial charge < -0.3 is 20.5 Å². The van der Waals surface area contributed by atoms with E-state index in [1.54, 1.807) is 18.2 Å². The SMILES string of the molecule is C/C=C1\C(=NC(C)C)C(c2cc(O)cc3ccc(F)c(CC)c23)=Cc2nc(OCC(C)(CCCCC)CC(F)CC)nc(N3CCCN=C(/C=C(/C)N)C3)c21. The van der Waals surface area contributed by atoms with Crippen molar-refractivity contribution in [2.45, 2.75) is 119 Å². The molecule has 0 bridgehead atoms. The van der Waals surface area contributed by atoms with Crippen LogP contribution >= 0.6 is 0 Å². The molecule has 10 heteroatoms. The summed E-state index contributed by atoms with van der Waals surface area (Å²) >= 11 is 0. The van der Waals surface area contributed by atoms with Gasteiger partial charge in [-0.1, -0.05) is 59.1 Å². The molecule has 296 valence electrons. The molecule has 0 amide bonds. The number of anilines is 1. The predicted molar refractivity (Wildman–Crippen MR) is 226 cm³/mol. The van der Waals surface area contributed by atoms with Crippen LogP contribution in [0.25, 0.3) is 28.0 Å². The number of hydrogen-bond donors (Lipinski definition) is 2. The first-order chi connectivity index (χ1) is 26.3. The Kier molecular flexibility index (Phi) is 13.9. The van der Waals surface area contributed by atoms with E-state index in [2.05, 4.69) is 18.7 Å². The van der Waals surface area contributed by atoms with Gasteiger partial charge in [-0.2, -0.15) is 9.97 Å². The molecule has 5 rings (SSSR count). The van der Waals surface area contributed by atoms with E-state index in [9.17, 15) is 5.11 Å². The number of halogens is 2. The summed E-state index contributed by atoms with van der Waals surface area (Å²) in [4.78, 5) is 22.5. The standard InChI is InChI=1S/C45H60F2N6O2/c1-9-13-14-18-45(8,25-31(46)10-2)27-55-44-51-39-24-37(36-23-33(54)22-30-16-17-38(47)34(11-3)40(30)36)42(50-28(5)6)35(12-4)41(39)43(52-44)53-20-15-19-49-32(26-53)21-29(7)48/h12,16-17,21-24,28,31,54H,9-11,13-15,18-20,25-27,48H2,1-8H3/b29-21-,35-12-,50-42?. The van der Waals surface area contributed by atoms with Crippen LogP contribution in [-0.4, -0.2) is 65.0 Å². The van der Waals surface area contributed by atoms with Crippen molar-refractivity contribution in [3.05, 3.63) is 70.3 Å². The third-order valence-corrected chi connectivity index (χ3v) is 10.5. The number of alkyl halides is 1. The number of aromatic nitrogens is 2. The van der Waals surface area contributed by atoms with E-state index in [4.69, 9.17) is 30.4 Å². The van der Waals surface area contributed by atoms with Gasteiger partial charge in [0.25, 0.3) is 0 Å². The number of aliphatic imine (C=N–C) groups is 2. The van der Waals surface area contributed by atoms with Crippen LogP contribution in [0.1, 0.15) is 123 Å². The first-order valence-corrected chi connectivity index (χ1v) is 20.1. The Morgan fingerprint density at radius 1 is 1.16 bits per heavy atom. The number of hydrogen-bond acceptors (Lipinski definition) is 8. The monoisotopic (exact) mass is 754 g/mol. The Balaban J connectivity index is 1.78. The van der Waals surface area contributed by atoms with Crippen molar-refractivity contribution in [3.63, 3.8) is 0 Å². The topological polar surface area (TPSA) is 109 Å². The Morgan fingerprint density at radius 2 is 1.95 bits per heavy atom. The fraction of sp³-hybridized carbons (Fsp3) is 0.511. The minimum atomic E-state index is -0.930. The molecule has 0 fully saturated rings. The number of allylic oxidation sites excluding steroid dienone is 4. The number of nitrogens with two attached hydrogens (primary N) is 1. The lowest BCUT2D eigenvalue weighted by atomic mass is 9.80. The van der Waals surface area contributed by atoms with Gasteiger partial charge in [0.1, 0.15) is 23.6 Å². The molecule has 0 radical (unpaired) electrons. The van der Waals surface area contributed by atoms with Crippen LogP contribution in [-0.2, 0) is 6.42 Å². The summed E-state index contributed by atoms with van der Waals surface area (Å²) in [5.74, 6) is 0.457. The molecule has 0 saturated carbocycles. The highest BCUT2D eigenvalue weighted by Gasteiger charge is 2.34. The van der Waals surface area contributed by atoms with Crippen molar-refractivity contribution in [2.24, 2.45) is 21.1 Å². The fourth-order valence-corrected chi connectivity index (χ4v) is 7.81. The molecule has 2 aliphatic rings. The number of fused-ring (bicyclic) bond motifs is 2. The Morgan fingerprint density at radius 3 is 2.62 bits per heavy atom.